The van der Waals surface area contributed by atoms with Gasteiger partial charge in [-0.1, -0.05) is 15.9 Å². The molecule has 0 saturated heterocycles. The molecule has 17 heavy (non-hydrogen) atoms. The van der Waals surface area contributed by atoms with Crippen LogP contribution in [0.5, 0.6) is 5.75 Å². The summed E-state index contributed by atoms with van der Waals surface area (Å²) in [6, 6.07) is 4.98. The molecule has 2 nitrogen and oxygen atoms in total. The van der Waals surface area contributed by atoms with E-state index >= 15 is 0 Å². The van der Waals surface area contributed by atoms with E-state index in [0.717, 1.165) is 35.7 Å². The molecular weight excluding hydrogens is 278 g/mol. The second-order valence-electron chi connectivity index (χ2n) is 5.16. The first kappa shape index (κ1) is 11.5. The summed E-state index contributed by atoms with van der Waals surface area (Å²) in [4.78, 5) is 0. The highest BCUT2D eigenvalue weighted by atomic mass is 79.9. The molecule has 1 N–H and O–H groups in total. The summed E-state index contributed by atoms with van der Waals surface area (Å²) in [5.74, 6) is 2.01. The number of ether oxygens (including phenoxy) is 1. The highest BCUT2D eigenvalue weighted by Crippen LogP contribution is 2.35. The molecule has 1 fully saturated rings. The highest BCUT2D eigenvalue weighted by molar-refractivity contribution is 9.10. The smallest absolute Gasteiger partial charge is 0.127 e. The third-order valence-electron chi connectivity index (χ3n) is 3.77. The summed E-state index contributed by atoms with van der Waals surface area (Å²) in [6.07, 6.45) is 3.82. The second-order valence-corrected chi connectivity index (χ2v) is 6.07. The predicted molar refractivity (Wildman–Crippen MR) is 72.4 cm³/mol. The summed E-state index contributed by atoms with van der Waals surface area (Å²) >= 11 is 3.58. The van der Waals surface area contributed by atoms with Crippen molar-refractivity contribution < 1.29 is 4.74 Å². The molecule has 0 radical (unpaired) electrons. The van der Waals surface area contributed by atoms with Gasteiger partial charge in [-0.05, 0) is 43.4 Å². The van der Waals surface area contributed by atoms with E-state index in [1.54, 1.807) is 0 Å². The molecule has 2 aliphatic rings. The van der Waals surface area contributed by atoms with Crippen LogP contribution in [0.25, 0.3) is 0 Å². The molecule has 1 aromatic carbocycles. The van der Waals surface area contributed by atoms with Crippen molar-refractivity contribution in [2.45, 2.75) is 38.8 Å². The van der Waals surface area contributed by atoms with E-state index < -0.39 is 0 Å². The van der Waals surface area contributed by atoms with E-state index in [0.29, 0.717) is 6.04 Å². The first-order valence-electron chi connectivity index (χ1n) is 6.41. The number of rotatable bonds is 4. The van der Waals surface area contributed by atoms with Gasteiger partial charge in [0.15, 0.2) is 0 Å². The summed E-state index contributed by atoms with van der Waals surface area (Å²) < 4.78 is 6.90. The Morgan fingerprint density at radius 2 is 2.29 bits per heavy atom. The average molecular weight is 296 g/mol. The molecule has 0 aromatic heterocycles. The molecule has 1 unspecified atom stereocenters. The molecule has 0 spiro atoms. The third kappa shape index (κ3) is 2.50. The fourth-order valence-corrected chi connectivity index (χ4v) is 3.06. The van der Waals surface area contributed by atoms with Crippen LogP contribution in [-0.2, 0) is 13.0 Å². The van der Waals surface area contributed by atoms with Crippen LogP contribution in [0.1, 0.15) is 30.9 Å². The third-order valence-corrected chi connectivity index (χ3v) is 4.23. The van der Waals surface area contributed by atoms with Crippen molar-refractivity contribution in [2.24, 2.45) is 5.92 Å². The van der Waals surface area contributed by atoms with Gasteiger partial charge in [-0.2, -0.15) is 0 Å². The van der Waals surface area contributed by atoms with Crippen LogP contribution < -0.4 is 10.1 Å². The minimum Gasteiger partial charge on any atom is -0.493 e. The maximum atomic E-state index is 5.73. The minimum absolute atomic E-state index is 0.631. The Bertz CT molecular complexity index is 428. The molecule has 3 heteroatoms. The van der Waals surface area contributed by atoms with E-state index in [4.69, 9.17) is 4.74 Å². The molecule has 1 heterocycles. The Morgan fingerprint density at radius 3 is 3.06 bits per heavy atom. The van der Waals surface area contributed by atoms with Gasteiger partial charge in [0.25, 0.3) is 0 Å². The average Bonchev–Trinajstić information content (AvgIpc) is 3.05. The molecule has 92 valence electrons. The Morgan fingerprint density at radius 1 is 1.47 bits per heavy atom. The fraction of sp³-hybridized carbons (Fsp3) is 0.571. The van der Waals surface area contributed by atoms with Gasteiger partial charge in [0.2, 0.25) is 0 Å². The molecule has 0 bridgehead atoms. The van der Waals surface area contributed by atoms with Crippen LogP contribution in [0.15, 0.2) is 16.6 Å². The lowest BCUT2D eigenvalue weighted by atomic mass is 10.1. The lowest BCUT2D eigenvalue weighted by molar-refractivity contribution is 0.351. The number of hydrogen-bond donors (Lipinski definition) is 1. The lowest BCUT2D eigenvalue weighted by Gasteiger charge is -2.15. The highest BCUT2D eigenvalue weighted by Gasteiger charge is 2.27. The largest absolute Gasteiger partial charge is 0.493 e. The van der Waals surface area contributed by atoms with E-state index in [1.807, 2.05) is 0 Å². The number of fused-ring (bicyclic) bond motifs is 1. The molecule has 1 atom stereocenters. The summed E-state index contributed by atoms with van der Waals surface area (Å²) in [5.41, 5.74) is 2.63. The SMILES string of the molecule is CC(NCc1cc(Br)cc2c1OCC2)C1CC1. The van der Waals surface area contributed by atoms with Crippen LogP contribution in [0.3, 0.4) is 0 Å². The van der Waals surface area contributed by atoms with Gasteiger partial charge in [0, 0.05) is 29.0 Å². The molecule has 1 aliphatic heterocycles. The number of benzene rings is 1. The monoisotopic (exact) mass is 295 g/mol. The second kappa shape index (κ2) is 4.62. The molecule has 0 amide bonds. The van der Waals surface area contributed by atoms with Crippen LogP contribution >= 0.6 is 15.9 Å². The van der Waals surface area contributed by atoms with E-state index in [1.165, 1.54) is 24.0 Å². The maximum absolute atomic E-state index is 5.73. The van der Waals surface area contributed by atoms with Crippen LogP contribution in [-0.4, -0.2) is 12.6 Å². The van der Waals surface area contributed by atoms with Crippen molar-refractivity contribution in [3.05, 3.63) is 27.7 Å². The normalized spacial score (nSPS) is 19.9. The van der Waals surface area contributed by atoms with Crippen molar-refractivity contribution in [1.29, 1.82) is 0 Å². The van der Waals surface area contributed by atoms with Crippen molar-refractivity contribution in [3.63, 3.8) is 0 Å². The zero-order valence-corrected chi connectivity index (χ0v) is 11.7. The first-order chi connectivity index (χ1) is 8.24. The summed E-state index contributed by atoms with van der Waals surface area (Å²) in [6.45, 7) is 4.03. The predicted octanol–water partition coefficient (Wildman–Crippen LogP) is 3.27. The van der Waals surface area contributed by atoms with Crippen molar-refractivity contribution in [3.8, 4) is 5.75 Å². The minimum atomic E-state index is 0.631. The first-order valence-corrected chi connectivity index (χ1v) is 7.21. The topological polar surface area (TPSA) is 21.3 Å². The van der Waals surface area contributed by atoms with Gasteiger partial charge < -0.3 is 10.1 Å². The van der Waals surface area contributed by atoms with E-state index in [9.17, 15) is 0 Å². The number of halogens is 1. The quantitative estimate of drug-likeness (QED) is 0.920. The van der Waals surface area contributed by atoms with Gasteiger partial charge in [-0.25, -0.2) is 0 Å². The Hall–Kier alpha value is -0.540. The Labute approximate surface area is 111 Å². The van der Waals surface area contributed by atoms with Crippen LogP contribution in [0.4, 0.5) is 0 Å². The van der Waals surface area contributed by atoms with Crippen LogP contribution in [0, 0.1) is 5.92 Å². The van der Waals surface area contributed by atoms with Crippen molar-refractivity contribution in [1.82, 2.24) is 5.32 Å². The summed E-state index contributed by atoms with van der Waals surface area (Å²) in [5, 5.41) is 3.62. The standard InChI is InChI=1S/C14H18BrNO/c1-9(10-2-3-10)16-8-12-7-13(15)6-11-4-5-17-14(11)12/h6-7,9-10,16H,2-5,8H2,1H3. The summed E-state index contributed by atoms with van der Waals surface area (Å²) in [7, 11) is 0. The van der Waals surface area contributed by atoms with Crippen LogP contribution in [0.2, 0.25) is 0 Å². The number of nitrogens with one attached hydrogen (secondary N) is 1. The van der Waals surface area contributed by atoms with Gasteiger partial charge in [0.05, 0.1) is 6.61 Å². The number of hydrogen-bond acceptors (Lipinski definition) is 2. The zero-order valence-electron chi connectivity index (χ0n) is 10.1. The van der Waals surface area contributed by atoms with Gasteiger partial charge in [-0.15, -0.1) is 0 Å². The van der Waals surface area contributed by atoms with Crippen molar-refractivity contribution >= 4 is 15.9 Å². The van der Waals surface area contributed by atoms with E-state index in [-0.39, 0.29) is 0 Å². The zero-order chi connectivity index (χ0) is 11.8. The molecular formula is C14H18BrNO. The van der Waals surface area contributed by atoms with E-state index in [2.05, 4.69) is 40.3 Å². The lowest BCUT2D eigenvalue weighted by Crippen LogP contribution is -2.27. The van der Waals surface area contributed by atoms with Gasteiger partial charge in [0.1, 0.15) is 5.75 Å². The van der Waals surface area contributed by atoms with Gasteiger partial charge >= 0.3 is 0 Å². The molecule has 3 rings (SSSR count). The Kier molecular flexibility index (Phi) is 3.14. The van der Waals surface area contributed by atoms with Crippen molar-refractivity contribution in [2.75, 3.05) is 6.61 Å². The molecule has 1 saturated carbocycles. The fourth-order valence-electron chi connectivity index (χ4n) is 2.51. The molecule has 1 aromatic rings. The molecule has 1 aliphatic carbocycles. The Balaban J connectivity index is 1.73. The van der Waals surface area contributed by atoms with Gasteiger partial charge in [-0.3, -0.25) is 0 Å². The maximum Gasteiger partial charge on any atom is 0.127 e.